The molecule has 3 heteroatoms. The Balaban J connectivity index is 4.34. The molecule has 0 heterocycles. The molecule has 0 aliphatic heterocycles. The van der Waals surface area contributed by atoms with Gasteiger partial charge in [0, 0.05) is 0 Å². The molecule has 3 nitrogen and oxygen atoms in total. The normalized spacial score (nSPS) is 14.6. The van der Waals surface area contributed by atoms with Gasteiger partial charge in [0.15, 0.2) is 0 Å². The van der Waals surface area contributed by atoms with E-state index in [2.05, 4.69) is 27.7 Å². The molecule has 0 rings (SSSR count). The Bertz CT molecular complexity index is 365. The number of hydrogen-bond acceptors (Lipinski definition) is 3. The molecule has 2 unspecified atom stereocenters. The van der Waals surface area contributed by atoms with Crippen LogP contribution in [0.5, 0.6) is 0 Å². The molecule has 0 saturated carbocycles. The van der Waals surface area contributed by atoms with E-state index >= 15 is 0 Å². The second-order valence-corrected chi connectivity index (χ2v) is 9.87. The van der Waals surface area contributed by atoms with Crippen molar-refractivity contribution in [3.05, 3.63) is 0 Å². The van der Waals surface area contributed by atoms with Crippen molar-refractivity contribution < 1.29 is 14.3 Å². The van der Waals surface area contributed by atoms with E-state index in [1.807, 2.05) is 27.7 Å². The molecular formula is C25H50O3. The van der Waals surface area contributed by atoms with E-state index in [0.717, 1.165) is 12.8 Å². The van der Waals surface area contributed by atoms with Crippen molar-refractivity contribution in [3.8, 4) is 0 Å². The highest BCUT2D eigenvalue weighted by atomic mass is 16.7. The predicted molar refractivity (Wildman–Crippen MR) is 121 cm³/mol. The second-order valence-electron chi connectivity index (χ2n) is 9.87. The van der Waals surface area contributed by atoms with Crippen LogP contribution in [-0.4, -0.2) is 17.4 Å². The summed E-state index contributed by atoms with van der Waals surface area (Å²) in [5.41, 5.74) is -0.997. The summed E-state index contributed by atoms with van der Waals surface area (Å²) in [4.78, 5) is 12.5. The third kappa shape index (κ3) is 12.0. The highest BCUT2D eigenvalue weighted by Crippen LogP contribution is 2.30. The minimum atomic E-state index is -0.523. The van der Waals surface area contributed by atoms with Crippen LogP contribution in [0, 0.1) is 11.8 Å². The monoisotopic (exact) mass is 398 g/mol. The fourth-order valence-electron chi connectivity index (χ4n) is 3.45. The van der Waals surface area contributed by atoms with Gasteiger partial charge in [0.05, 0.1) is 0 Å². The van der Waals surface area contributed by atoms with Gasteiger partial charge in [-0.25, -0.2) is 4.79 Å². The van der Waals surface area contributed by atoms with Gasteiger partial charge in [-0.3, -0.25) is 0 Å². The maximum Gasteiger partial charge on any atom is 0.509 e. The minimum absolute atomic E-state index is 0.320. The fourth-order valence-corrected chi connectivity index (χ4v) is 3.45. The van der Waals surface area contributed by atoms with Crippen molar-refractivity contribution >= 4 is 6.16 Å². The first-order valence-electron chi connectivity index (χ1n) is 12.0. The van der Waals surface area contributed by atoms with Crippen molar-refractivity contribution in [2.24, 2.45) is 11.8 Å². The molecule has 28 heavy (non-hydrogen) atoms. The van der Waals surface area contributed by atoms with Gasteiger partial charge in [-0.1, -0.05) is 91.9 Å². The number of rotatable bonds is 16. The van der Waals surface area contributed by atoms with Gasteiger partial charge in [0.1, 0.15) is 11.2 Å². The maximum atomic E-state index is 12.5. The van der Waals surface area contributed by atoms with Crippen LogP contribution in [0.1, 0.15) is 132 Å². The SMILES string of the molecule is CCCCCCCC(C)C(C)(C)OC(=O)OC(C)(C)C(C)CCCCCCC. The van der Waals surface area contributed by atoms with E-state index in [-0.39, 0.29) is 0 Å². The highest BCUT2D eigenvalue weighted by molar-refractivity contribution is 5.61. The van der Waals surface area contributed by atoms with Crippen LogP contribution in [0.25, 0.3) is 0 Å². The average molecular weight is 399 g/mol. The molecule has 0 aromatic heterocycles. The van der Waals surface area contributed by atoms with Crippen LogP contribution in [0.2, 0.25) is 0 Å². The number of ether oxygens (including phenoxy) is 2. The molecule has 0 radical (unpaired) electrons. The van der Waals surface area contributed by atoms with Gasteiger partial charge in [0.25, 0.3) is 0 Å². The molecule has 0 aromatic rings. The molecule has 0 saturated heterocycles. The third-order valence-electron chi connectivity index (χ3n) is 6.55. The number of unbranched alkanes of at least 4 members (excludes halogenated alkanes) is 8. The Hall–Kier alpha value is -0.730. The van der Waals surface area contributed by atoms with Gasteiger partial charge in [-0.05, 0) is 52.4 Å². The Morgan fingerprint density at radius 3 is 1.29 bits per heavy atom. The zero-order valence-electron chi connectivity index (χ0n) is 20.4. The minimum Gasteiger partial charge on any atom is -0.428 e. The van der Waals surface area contributed by atoms with Crippen LogP contribution >= 0.6 is 0 Å². The molecule has 0 aliphatic carbocycles. The molecule has 0 N–H and O–H groups in total. The van der Waals surface area contributed by atoms with Crippen molar-refractivity contribution in [2.45, 2.75) is 144 Å². The van der Waals surface area contributed by atoms with Crippen LogP contribution in [0.3, 0.4) is 0 Å². The topological polar surface area (TPSA) is 35.5 Å². The molecule has 2 atom stereocenters. The highest BCUT2D eigenvalue weighted by Gasteiger charge is 2.35. The third-order valence-corrected chi connectivity index (χ3v) is 6.55. The summed E-state index contributed by atoms with van der Waals surface area (Å²) in [6, 6.07) is 0. The van der Waals surface area contributed by atoms with Crippen molar-refractivity contribution in [2.75, 3.05) is 0 Å². The number of hydrogen-bond donors (Lipinski definition) is 0. The number of carbonyl (C=O) groups is 1. The molecule has 0 fully saturated rings. The largest absolute Gasteiger partial charge is 0.509 e. The first kappa shape index (κ1) is 27.3. The summed E-state index contributed by atoms with van der Waals surface area (Å²) in [7, 11) is 0. The van der Waals surface area contributed by atoms with Crippen LogP contribution in [0.4, 0.5) is 4.79 Å². The van der Waals surface area contributed by atoms with Crippen LogP contribution in [-0.2, 0) is 9.47 Å². The van der Waals surface area contributed by atoms with Gasteiger partial charge in [-0.2, -0.15) is 0 Å². The first-order chi connectivity index (χ1) is 13.1. The van der Waals surface area contributed by atoms with E-state index in [9.17, 15) is 4.79 Å². The Morgan fingerprint density at radius 1 is 0.643 bits per heavy atom. The molecule has 0 aromatic carbocycles. The first-order valence-corrected chi connectivity index (χ1v) is 12.0. The summed E-state index contributed by atoms with van der Waals surface area (Å²) >= 11 is 0. The summed E-state index contributed by atoms with van der Waals surface area (Å²) in [6.07, 6.45) is 14.3. The summed E-state index contributed by atoms with van der Waals surface area (Å²) in [5, 5.41) is 0. The van der Waals surface area contributed by atoms with Gasteiger partial charge in [0.2, 0.25) is 0 Å². The fraction of sp³-hybridized carbons (Fsp3) is 0.960. The van der Waals surface area contributed by atoms with Crippen molar-refractivity contribution in [1.29, 1.82) is 0 Å². The van der Waals surface area contributed by atoms with Crippen molar-refractivity contribution in [1.82, 2.24) is 0 Å². The van der Waals surface area contributed by atoms with E-state index in [0.29, 0.717) is 11.8 Å². The summed E-state index contributed by atoms with van der Waals surface area (Å²) < 4.78 is 11.5. The second kappa shape index (κ2) is 14.3. The zero-order valence-corrected chi connectivity index (χ0v) is 20.4. The van der Waals surface area contributed by atoms with E-state index < -0.39 is 17.4 Å². The quantitative estimate of drug-likeness (QED) is 0.193. The predicted octanol–water partition coefficient (Wildman–Crippen LogP) is 8.69. The molecular weight excluding hydrogens is 348 g/mol. The van der Waals surface area contributed by atoms with Crippen LogP contribution in [0.15, 0.2) is 0 Å². The lowest BCUT2D eigenvalue weighted by Crippen LogP contribution is -2.40. The summed E-state index contributed by atoms with van der Waals surface area (Å²) in [6.45, 7) is 16.9. The molecule has 0 amide bonds. The van der Waals surface area contributed by atoms with Gasteiger partial charge < -0.3 is 9.47 Å². The van der Waals surface area contributed by atoms with E-state index in [4.69, 9.17) is 9.47 Å². The molecule has 0 spiro atoms. The van der Waals surface area contributed by atoms with E-state index in [1.54, 1.807) is 0 Å². The Kier molecular flexibility index (Phi) is 13.9. The zero-order chi connectivity index (χ0) is 21.6. The smallest absolute Gasteiger partial charge is 0.428 e. The summed E-state index contributed by atoms with van der Waals surface area (Å²) in [5.74, 6) is 0.640. The molecule has 0 bridgehead atoms. The molecule has 0 aliphatic rings. The van der Waals surface area contributed by atoms with E-state index in [1.165, 1.54) is 64.2 Å². The molecule has 168 valence electrons. The lowest BCUT2D eigenvalue weighted by molar-refractivity contribution is -0.0918. The number of carbonyl (C=O) groups excluding carboxylic acids is 1. The standard InChI is InChI=1S/C25H50O3/c1-9-11-13-15-17-19-21(3)24(5,6)27-23(26)28-25(7,8)22(4)20-18-16-14-12-10-2/h21-22H,9-20H2,1-8H3. The lowest BCUT2D eigenvalue weighted by atomic mass is 9.87. The van der Waals surface area contributed by atoms with Gasteiger partial charge in [-0.15, -0.1) is 0 Å². The Labute approximate surface area is 176 Å². The lowest BCUT2D eigenvalue weighted by Gasteiger charge is -2.35. The van der Waals surface area contributed by atoms with Crippen LogP contribution < -0.4 is 0 Å². The van der Waals surface area contributed by atoms with Crippen molar-refractivity contribution in [3.63, 3.8) is 0 Å². The Morgan fingerprint density at radius 2 is 0.964 bits per heavy atom. The average Bonchev–Trinajstić information content (AvgIpc) is 2.59. The maximum absolute atomic E-state index is 12.5. The van der Waals surface area contributed by atoms with Gasteiger partial charge >= 0.3 is 6.16 Å².